The summed E-state index contributed by atoms with van der Waals surface area (Å²) in [7, 11) is 0. The number of rotatable bonds is 4. The molecule has 4 rings (SSSR count). The number of hydrogen-bond donors (Lipinski definition) is 1. The van der Waals surface area contributed by atoms with Crippen molar-refractivity contribution in [3.05, 3.63) is 65.6 Å². The fourth-order valence-corrected chi connectivity index (χ4v) is 3.40. The van der Waals surface area contributed by atoms with E-state index in [0.29, 0.717) is 11.8 Å². The van der Waals surface area contributed by atoms with Crippen LogP contribution in [-0.2, 0) is 0 Å². The average Bonchev–Trinajstić information content (AvgIpc) is 2.71. The molecule has 0 saturated carbocycles. The maximum atomic E-state index is 13.1. The molecular formula is C21H23FN6. The second-order valence-electron chi connectivity index (χ2n) is 7.04. The van der Waals surface area contributed by atoms with E-state index in [4.69, 9.17) is 0 Å². The lowest BCUT2D eigenvalue weighted by molar-refractivity contribution is 0.622. The fraction of sp³-hybridized carbons (Fsp3) is 0.286. The normalized spacial score (nSPS) is 14.2. The van der Waals surface area contributed by atoms with Gasteiger partial charge in [0, 0.05) is 37.6 Å². The van der Waals surface area contributed by atoms with E-state index in [-0.39, 0.29) is 5.82 Å². The number of aromatic nitrogens is 3. The maximum absolute atomic E-state index is 13.1. The molecule has 0 spiro atoms. The second-order valence-corrected chi connectivity index (χ2v) is 7.04. The summed E-state index contributed by atoms with van der Waals surface area (Å²) in [5.74, 6) is 1.08. The molecule has 1 aliphatic rings. The number of benzene rings is 2. The van der Waals surface area contributed by atoms with Crippen LogP contribution in [0, 0.1) is 19.7 Å². The van der Waals surface area contributed by atoms with E-state index in [1.807, 2.05) is 18.2 Å². The quantitative estimate of drug-likeness (QED) is 0.747. The lowest BCUT2D eigenvalue weighted by atomic mass is 10.1. The topological polar surface area (TPSA) is 57.2 Å². The van der Waals surface area contributed by atoms with E-state index in [1.165, 1.54) is 17.7 Å². The van der Waals surface area contributed by atoms with Crippen molar-refractivity contribution in [2.75, 3.05) is 41.3 Å². The predicted molar refractivity (Wildman–Crippen MR) is 110 cm³/mol. The van der Waals surface area contributed by atoms with Gasteiger partial charge < -0.3 is 15.1 Å². The summed E-state index contributed by atoms with van der Waals surface area (Å²) in [5.41, 5.74) is 4.43. The standard InChI is InChI=1S/C21H23FN6/c1-15-3-8-19(16(2)13-15)24-20-14-23-26-21(25-20)28-11-9-27(10-12-28)18-6-4-17(22)5-7-18/h3-8,13-14H,9-12H2,1-2H3,(H,24,25,26). The maximum Gasteiger partial charge on any atom is 0.247 e. The molecule has 2 heterocycles. The van der Waals surface area contributed by atoms with Crippen molar-refractivity contribution in [2.24, 2.45) is 0 Å². The Balaban J connectivity index is 1.43. The zero-order chi connectivity index (χ0) is 19.5. The van der Waals surface area contributed by atoms with E-state index in [0.717, 1.165) is 43.1 Å². The molecule has 1 N–H and O–H groups in total. The van der Waals surface area contributed by atoms with Crippen LogP contribution in [0.4, 0.5) is 27.5 Å². The first-order valence-electron chi connectivity index (χ1n) is 9.38. The zero-order valence-electron chi connectivity index (χ0n) is 16.1. The van der Waals surface area contributed by atoms with Crippen LogP contribution in [-0.4, -0.2) is 41.4 Å². The van der Waals surface area contributed by atoms with Gasteiger partial charge in [-0.05, 0) is 49.7 Å². The number of nitrogens with one attached hydrogen (secondary N) is 1. The minimum atomic E-state index is -0.213. The molecule has 1 saturated heterocycles. The van der Waals surface area contributed by atoms with Gasteiger partial charge in [-0.1, -0.05) is 17.7 Å². The van der Waals surface area contributed by atoms with Crippen molar-refractivity contribution in [2.45, 2.75) is 13.8 Å². The molecule has 144 valence electrons. The monoisotopic (exact) mass is 378 g/mol. The van der Waals surface area contributed by atoms with Crippen molar-refractivity contribution in [3.63, 3.8) is 0 Å². The molecule has 0 aliphatic carbocycles. The third-order valence-corrected chi connectivity index (χ3v) is 4.95. The number of anilines is 4. The molecule has 1 aromatic heterocycles. The summed E-state index contributed by atoms with van der Waals surface area (Å²) in [6, 6.07) is 12.9. The Bertz CT molecular complexity index is 951. The Labute approximate surface area is 164 Å². The Morgan fingerprint density at radius 3 is 2.36 bits per heavy atom. The molecule has 0 bridgehead atoms. The lowest BCUT2D eigenvalue weighted by Gasteiger charge is -2.35. The first-order chi connectivity index (χ1) is 13.6. The van der Waals surface area contributed by atoms with Gasteiger partial charge in [0.25, 0.3) is 0 Å². The molecule has 3 aromatic rings. The highest BCUT2D eigenvalue weighted by Gasteiger charge is 2.20. The van der Waals surface area contributed by atoms with Crippen molar-refractivity contribution < 1.29 is 4.39 Å². The molecule has 0 radical (unpaired) electrons. The van der Waals surface area contributed by atoms with Gasteiger partial charge >= 0.3 is 0 Å². The summed E-state index contributed by atoms with van der Waals surface area (Å²) in [5, 5.41) is 11.7. The number of aryl methyl sites for hydroxylation is 2. The van der Waals surface area contributed by atoms with E-state index < -0.39 is 0 Å². The summed E-state index contributed by atoms with van der Waals surface area (Å²) in [4.78, 5) is 9.00. The molecule has 6 nitrogen and oxygen atoms in total. The Kier molecular flexibility index (Phi) is 5.06. The minimum absolute atomic E-state index is 0.213. The van der Waals surface area contributed by atoms with E-state index in [1.54, 1.807) is 6.20 Å². The van der Waals surface area contributed by atoms with Crippen LogP contribution < -0.4 is 15.1 Å². The van der Waals surface area contributed by atoms with Gasteiger partial charge in [0.05, 0.1) is 6.20 Å². The summed E-state index contributed by atoms with van der Waals surface area (Å²) < 4.78 is 13.1. The van der Waals surface area contributed by atoms with Crippen molar-refractivity contribution >= 4 is 23.1 Å². The van der Waals surface area contributed by atoms with Gasteiger partial charge in [-0.25, -0.2) is 4.39 Å². The summed E-state index contributed by atoms with van der Waals surface area (Å²) in [6.45, 7) is 7.36. The molecule has 1 aliphatic heterocycles. The Hall–Kier alpha value is -3.22. The molecule has 0 amide bonds. The zero-order valence-corrected chi connectivity index (χ0v) is 16.1. The van der Waals surface area contributed by atoms with E-state index in [2.05, 4.69) is 56.3 Å². The Morgan fingerprint density at radius 1 is 0.929 bits per heavy atom. The first-order valence-corrected chi connectivity index (χ1v) is 9.38. The van der Waals surface area contributed by atoms with Crippen molar-refractivity contribution in [1.29, 1.82) is 0 Å². The second kappa shape index (κ2) is 7.80. The van der Waals surface area contributed by atoms with Crippen LogP contribution in [0.15, 0.2) is 48.7 Å². The highest BCUT2D eigenvalue weighted by Crippen LogP contribution is 2.22. The molecule has 7 heteroatoms. The molecule has 0 unspecified atom stereocenters. The first kappa shape index (κ1) is 18.2. The van der Waals surface area contributed by atoms with Crippen LogP contribution in [0.1, 0.15) is 11.1 Å². The fourth-order valence-electron chi connectivity index (χ4n) is 3.40. The molecular weight excluding hydrogens is 355 g/mol. The van der Waals surface area contributed by atoms with Crippen LogP contribution >= 0.6 is 0 Å². The molecule has 0 atom stereocenters. The number of nitrogens with zero attached hydrogens (tertiary/aromatic N) is 5. The van der Waals surface area contributed by atoms with Crippen molar-refractivity contribution in [3.8, 4) is 0 Å². The lowest BCUT2D eigenvalue weighted by Crippen LogP contribution is -2.47. The van der Waals surface area contributed by atoms with Gasteiger partial charge in [-0.3, -0.25) is 0 Å². The smallest absolute Gasteiger partial charge is 0.247 e. The number of piperazine rings is 1. The SMILES string of the molecule is Cc1ccc(Nc2cnnc(N3CCN(c4ccc(F)cc4)CC3)n2)c(C)c1. The van der Waals surface area contributed by atoms with Gasteiger partial charge in [0.1, 0.15) is 5.82 Å². The van der Waals surface area contributed by atoms with Crippen molar-refractivity contribution in [1.82, 2.24) is 15.2 Å². The minimum Gasteiger partial charge on any atom is -0.368 e. The average molecular weight is 378 g/mol. The third-order valence-electron chi connectivity index (χ3n) is 4.95. The molecule has 28 heavy (non-hydrogen) atoms. The highest BCUT2D eigenvalue weighted by atomic mass is 19.1. The van der Waals surface area contributed by atoms with Crippen LogP contribution in [0.3, 0.4) is 0 Å². The summed E-state index contributed by atoms with van der Waals surface area (Å²) >= 11 is 0. The molecule has 2 aromatic carbocycles. The largest absolute Gasteiger partial charge is 0.368 e. The number of hydrogen-bond acceptors (Lipinski definition) is 6. The van der Waals surface area contributed by atoms with Gasteiger partial charge in [-0.15, -0.1) is 5.10 Å². The van der Waals surface area contributed by atoms with Gasteiger partial charge in [0.2, 0.25) is 5.95 Å². The third kappa shape index (κ3) is 4.03. The Morgan fingerprint density at radius 2 is 1.64 bits per heavy atom. The highest BCUT2D eigenvalue weighted by molar-refractivity contribution is 5.61. The predicted octanol–water partition coefficient (Wildman–Crippen LogP) is 3.70. The summed E-state index contributed by atoms with van der Waals surface area (Å²) in [6.07, 6.45) is 1.64. The van der Waals surface area contributed by atoms with Crippen LogP contribution in [0.5, 0.6) is 0 Å². The van der Waals surface area contributed by atoms with E-state index >= 15 is 0 Å². The van der Waals surface area contributed by atoms with Gasteiger partial charge in [-0.2, -0.15) is 10.1 Å². The molecule has 1 fully saturated rings. The van der Waals surface area contributed by atoms with E-state index in [9.17, 15) is 4.39 Å². The number of halogens is 1. The van der Waals surface area contributed by atoms with Crippen LogP contribution in [0.25, 0.3) is 0 Å². The van der Waals surface area contributed by atoms with Crippen LogP contribution in [0.2, 0.25) is 0 Å². The van der Waals surface area contributed by atoms with Gasteiger partial charge in [0.15, 0.2) is 5.82 Å².